The van der Waals surface area contributed by atoms with Crippen molar-refractivity contribution in [1.29, 1.82) is 0 Å². The molecule has 19 heavy (non-hydrogen) atoms. The fourth-order valence-corrected chi connectivity index (χ4v) is 3.58. The summed E-state index contributed by atoms with van der Waals surface area (Å²) in [6, 6.07) is 6.01. The van der Waals surface area contributed by atoms with E-state index in [4.69, 9.17) is 16.3 Å². The smallest absolute Gasteiger partial charge is 0.142 e. The molecule has 2 rings (SSSR count). The van der Waals surface area contributed by atoms with E-state index >= 15 is 0 Å². The predicted octanol–water partition coefficient (Wildman–Crippen LogP) is 3.45. The van der Waals surface area contributed by atoms with Gasteiger partial charge < -0.3 is 10.1 Å². The average molecular weight is 302 g/mol. The summed E-state index contributed by atoms with van der Waals surface area (Å²) in [4.78, 5) is 0. The molecular formula is C14H20ClNO2S. The first-order valence-corrected chi connectivity index (χ1v) is 8.59. The van der Waals surface area contributed by atoms with E-state index in [0.29, 0.717) is 17.7 Å². The second-order valence-electron chi connectivity index (χ2n) is 4.76. The van der Waals surface area contributed by atoms with Crippen molar-refractivity contribution in [2.24, 2.45) is 0 Å². The molecule has 1 fully saturated rings. The molecule has 1 aromatic rings. The van der Waals surface area contributed by atoms with Crippen LogP contribution in [0.15, 0.2) is 18.2 Å². The number of nitrogens with one attached hydrogen (secondary N) is 1. The van der Waals surface area contributed by atoms with Crippen molar-refractivity contribution < 1.29 is 8.95 Å². The Hall–Kier alpha value is -0.740. The maximum atomic E-state index is 11.4. The van der Waals surface area contributed by atoms with E-state index in [1.165, 1.54) is 0 Å². The molecular weight excluding hydrogens is 282 g/mol. The fraction of sp³-hybridized carbons (Fsp3) is 0.571. The summed E-state index contributed by atoms with van der Waals surface area (Å²) < 4.78 is 17.1. The molecule has 1 aliphatic rings. The third-order valence-corrected chi connectivity index (χ3v) is 4.77. The van der Waals surface area contributed by atoms with E-state index < -0.39 is 10.8 Å². The molecule has 1 heterocycles. The Labute approximate surface area is 122 Å². The van der Waals surface area contributed by atoms with E-state index in [0.717, 1.165) is 42.2 Å². The maximum Gasteiger partial charge on any atom is 0.142 e. The molecule has 0 bridgehead atoms. The van der Waals surface area contributed by atoms with Gasteiger partial charge in [-0.2, -0.15) is 0 Å². The molecule has 0 unspecified atom stereocenters. The number of rotatable bonds is 5. The van der Waals surface area contributed by atoms with Gasteiger partial charge in [-0.05, 0) is 37.5 Å². The van der Waals surface area contributed by atoms with Crippen LogP contribution in [0, 0.1) is 0 Å². The zero-order valence-electron chi connectivity index (χ0n) is 11.2. The molecule has 0 aromatic heterocycles. The van der Waals surface area contributed by atoms with Gasteiger partial charge in [0.2, 0.25) is 0 Å². The van der Waals surface area contributed by atoms with Gasteiger partial charge in [-0.25, -0.2) is 0 Å². The summed E-state index contributed by atoms with van der Waals surface area (Å²) in [6.45, 7) is 2.78. The molecule has 0 radical (unpaired) electrons. The summed E-state index contributed by atoms with van der Waals surface area (Å²) in [5, 5.41) is 4.18. The van der Waals surface area contributed by atoms with Gasteiger partial charge in [0.05, 0.1) is 12.3 Å². The van der Waals surface area contributed by atoms with E-state index in [1.54, 1.807) is 0 Å². The van der Waals surface area contributed by atoms with Gasteiger partial charge in [0.1, 0.15) is 5.75 Å². The largest absolute Gasteiger partial charge is 0.491 e. The highest BCUT2D eigenvalue weighted by atomic mass is 35.5. The van der Waals surface area contributed by atoms with E-state index in [1.807, 2.05) is 18.2 Å². The Kier molecular flexibility index (Phi) is 5.52. The second kappa shape index (κ2) is 7.15. The summed E-state index contributed by atoms with van der Waals surface area (Å²) in [5.41, 5.74) is 0.943. The Morgan fingerprint density at radius 2 is 2.16 bits per heavy atom. The van der Waals surface area contributed by atoms with Gasteiger partial charge in [0.15, 0.2) is 0 Å². The van der Waals surface area contributed by atoms with Gasteiger partial charge in [0.25, 0.3) is 0 Å². The molecule has 106 valence electrons. The number of benzene rings is 1. The van der Waals surface area contributed by atoms with Crippen LogP contribution < -0.4 is 10.1 Å². The van der Waals surface area contributed by atoms with Gasteiger partial charge in [0, 0.05) is 33.4 Å². The molecule has 0 atom stereocenters. The quantitative estimate of drug-likeness (QED) is 0.905. The minimum Gasteiger partial charge on any atom is -0.491 e. The zero-order valence-corrected chi connectivity index (χ0v) is 12.7. The monoisotopic (exact) mass is 301 g/mol. The topological polar surface area (TPSA) is 38.3 Å². The van der Waals surface area contributed by atoms with Crippen LogP contribution in [0.1, 0.15) is 26.2 Å². The first-order valence-electron chi connectivity index (χ1n) is 6.73. The van der Waals surface area contributed by atoms with Crippen LogP contribution in [0.3, 0.4) is 0 Å². The number of halogens is 1. The first kappa shape index (κ1) is 14.7. The van der Waals surface area contributed by atoms with Crippen molar-refractivity contribution in [3.05, 3.63) is 23.2 Å². The molecule has 1 aliphatic heterocycles. The summed E-state index contributed by atoms with van der Waals surface area (Å²) >= 11 is 6.05. The van der Waals surface area contributed by atoms with Crippen LogP contribution in [0.5, 0.6) is 5.75 Å². The van der Waals surface area contributed by atoms with Crippen molar-refractivity contribution in [2.75, 3.05) is 23.4 Å². The number of hydrogen-bond acceptors (Lipinski definition) is 3. The highest BCUT2D eigenvalue weighted by molar-refractivity contribution is 7.85. The van der Waals surface area contributed by atoms with Crippen molar-refractivity contribution in [2.45, 2.75) is 32.2 Å². The van der Waals surface area contributed by atoms with Gasteiger partial charge >= 0.3 is 0 Å². The Morgan fingerprint density at radius 3 is 2.84 bits per heavy atom. The SMILES string of the molecule is CCCOc1ccc(Cl)cc1NC1CCS(=O)CC1. The Morgan fingerprint density at radius 1 is 1.42 bits per heavy atom. The van der Waals surface area contributed by atoms with Crippen molar-refractivity contribution in [3.8, 4) is 5.75 Å². The van der Waals surface area contributed by atoms with Gasteiger partial charge in [-0.15, -0.1) is 0 Å². The normalized spacial score (nSPS) is 23.1. The lowest BCUT2D eigenvalue weighted by molar-refractivity contribution is 0.318. The molecule has 1 aromatic carbocycles. The molecule has 0 aliphatic carbocycles. The van der Waals surface area contributed by atoms with Crippen LogP contribution in [0.2, 0.25) is 5.02 Å². The Bertz CT molecular complexity index is 443. The van der Waals surface area contributed by atoms with E-state index in [9.17, 15) is 4.21 Å². The summed E-state index contributed by atoms with van der Waals surface area (Å²) in [5.74, 6) is 2.41. The number of hydrogen-bond donors (Lipinski definition) is 1. The highest BCUT2D eigenvalue weighted by Gasteiger charge is 2.18. The van der Waals surface area contributed by atoms with Crippen LogP contribution in [0.25, 0.3) is 0 Å². The molecule has 1 saturated heterocycles. The summed E-state index contributed by atoms with van der Waals surface area (Å²) in [7, 11) is -0.631. The molecule has 0 amide bonds. The molecule has 5 heteroatoms. The summed E-state index contributed by atoms with van der Waals surface area (Å²) in [6.07, 6.45) is 2.85. The van der Waals surface area contributed by atoms with Gasteiger partial charge in [-0.3, -0.25) is 4.21 Å². The lowest BCUT2D eigenvalue weighted by Crippen LogP contribution is -2.29. The van der Waals surface area contributed by atoms with Crippen molar-refractivity contribution in [1.82, 2.24) is 0 Å². The van der Waals surface area contributed by atoms with Crippen LogP contribution in [0.4, 0.5) is 5.69 Å². The molecule has 0 spiro atoms. The van der Waals surface area contributed by atoms with E-state index in [-0.39, 0.29) is 0 Å². The maximum absolute atomic E-state index is 11.4. The average Bonchev–Trinajstić information content (AvgIpc) is 2.40. The molecule has 0 saturated carbocycles. The Balaban J connectivity index is 2.04. The van der Waals surface area contributed by atoms with Crippen LogP contribution in [-0.4, -0.2) is 28.4 Å². The van der Waals surface area contributed by atoms with Crippen molar-refractivity contribution >= 4 is 28.1 Å². The lowest BCUT2D eigenvalue weighted by Gasteiger charge is -2.25. The second-order valence-corrected chi connectivity index (χ2v) is 6.89. The standard InChI is InChI=1S/C14H20ClNO2S/c1-2-7-18-14-4-3-11(15)10-13(14)16-12-5-8-19(17)9-6-12/h3-4,10,12,16H,2,5-9H2,1H3. The van der Waals surface area contributed by atoms with E-state index in [2.05, 4.69) is 12.2 Å². The fourth-order valence-electron chi connectivity index (χ4n) is 2.11. The minimum atomic E-state index is -0.631. The van der Waals surface area contributed by atoms with Crippen LogP contribution in [-0.2, 0) is 10.8 Å². The van der Waals surface area contributed by atoms with Gasteiger partial charge in [-0.1, -0.05) is 18.5 Å². The lowest BCUT2D eigenvalue weighted by atomic mass is 10.1. The third kappa shape index (κ3) is 4.39. The first-order chi connectivity index (χ1) is 9.19. The zero-order chi connectivity index (χ0) is 13.7. The predicted molar refractivity (Wildman–Crippen MR) is 81.8 cm³/mol. The van der Waals surface area contributed by atoms with Crippen molar-refractivity contribution in [3.63, 3.8) is 0 Å². The number of ether oxygens (including phenoxy) is 1. The molecule has 3 nitrogen and oxygen atoms in total. The highest BCUT2D eigenvalue weighted by Crippen LogP contribution is 2.30. The number of anilines is 1. The minimum absolute atomic E-state index is 0.361. The molecule has 1 N–H and O–H groups in total. The third-order valence-electron chi connectivity index (χ3n) is 3.15. The van der Waals surface area contributed by atoms with Crippen LogP contribution >= 0.6 is 11.6 Å².